The summed E-state index contributed by atoms with van der Waals surface area (Å²) < 4.78 is 0. The van der Waals surface area contributed by atoms with Gasteiger partial charge in [0.2, 0.25) is 0 Å². The number of nitrogens with two attached hydrogens (primary N) is 1. The molecule has 4 nitrogen and oxygen atoms in total. The van der Waals surface area contributed by atoms with E-state index < -0.39 is 0 Å². The number of pyridine rings is 1. The van der Waals surface area contributed by atoms with E-state index in [-0.39, 0.29) is 0 Å². The Balaban J connectivity index is 2.04. The number of nitrogen functional groups attached to an aromatic ring is 1. The van der Waals surface area contributed by atoms with E-state index in [1.165, 1.54) is 5.56 Å². The Morgan fingerprint density at radius 1 is 1.10 bits per heavy atom. The first-order valence-electron chi connectivity index (χ1n) is 6.13. The summed E-state index contributed by atoms with van der Waals surface area (Å²) in [5, 5.41) is 1.37. The van der Waals surface area contributed by atoms with E-state index in [0.717, 1.165) is 17.3 Å². The minimum Gasteiger partial charge on any atom is -0.308 e. The van der Waals surface area contributed by atoms with E-state index in [1.807, 2.05) is 31.3 Å². The fourth-order valence-electron chi connectivity index (χ4n) is 1.89. The fraction of sp³-hybridized carbons (Fsp3) is 0.214. The quantitative estimate of drug-likeness (QED) is 0.657. The third-order valence-corrected chi connectivity index (χ3v) is 3.45. The normalized spacial score (nSPS) is 10.8. The number of halogens is 2. The lowest BCUT2D eigenvalue weighted by Crippen LogP contribution is -2.19. The summed E-state index contributed by atoms with van der Waals surface area (Å²) in [6, 6.07) is 11.3. The summed E-state index contributed by atoms with van der Waals surface area (Å²) in [6.07, 6.45) is 0. The summed E-state index contributed by atoms with van der Waals surface area (Å²) in [4.78, 5) is 6.48. The van der Waals surface area contributed by atoms with E-state index in [1.54, 1.807) is 12.1 Å². The lowest BCUT2D eigenvalue weighted by molar-refractivity contribution is 0.315. The number of hydrogen-bond donors (Lipinski definition) is 2. The van der Waals surface area contributed by atoms with E-state index in [0.29, 0.717) is 17.4 Å². The number of benzene rings is 1. The minimum absolute atomic E-state index is 0.601. The van der Waals surface area contributed by atoms with Crippen LogP contribution in [0.25, 0.3) is 0 Å². The van der Waals surface area contributed by atoms with Gasteiger partial charge in [0.15, 0.2) is 0 Å². The van der Waals surface area contributed by atoms with E-state index >= 15 is 0 Å². The molecule has 0 fully saturated rings. The molecule has 1 heterocycles. The molecule has 2 rings (SSSR count). The molecule has 2 aromatic rings. The highest BCUT2D eigenvalue weighted by Gasteiger charge is 2.08. The van der Waals surface area contributed by atoms with Gasteiger partial charge in [-0.15, -0.1) is 0 Å². The van der Waals surface area contributed by atoms with Crippen LogP contribution >= 0.6 is 23.2 Å². The van der Waals surface area contributed by atoms with Gasteiger partial charge < -0.3 is 5.43 Å². The van der Waals surface area contributed by atoms with Gasteiger partial charge in [0, 0.05) is 18.1 Å². The third-order valence-electron chi connectivity index (χ3n) is 2.85. The van der Waals surface area contributed by atoms with Gasteiger partial charge in [-0.1, -0.05) is 35.3 Å². The molecule has 3 N–H and O–H groups in total. The average molecular weight is 311 g/mol. The van der Waals surface area contributed by atoms with Crippen molar-refractivity contribution in [2.24, 2.45) is 5.84 Å². The summed E-state index contributed by atoms with van der Waals surface area (Å²) in [5.74, 6) is 5.96. The van der Waals surface area contributed by atoms with Crippen molar-refractivity contribution >= 4 is 29.0 Å². The second-order valence-corrected chi connectivity index (χ2v) is 5.41. The number of hydrogen-bond acceptors (Lipinski definition) is 4. The molecule has 0 amide bonds. The van der Waals surface area contributed by atoms with Gasteiger partial charge in [-0.25, -0.2) is 10.8 Å². The number of rotatable bonds is 5. The fourth-order valence-corrected chi connectivity index (χ4v) is 2.18. The van der Waals surface area contributed by atoms with Crippen molar-refractivity contribution < 1.29 is 0 Å². The summed E-state index contributed by atoms with van der Waals surface area (Å²) in [7, 11) is 2.01. The van der Waals surface area contributed by atoms with Crippen molar-refractivity contribution in [3.63, 3.8) is 0 Å². The zero-order valence-corrected chi connectivity index (χ0v) is 12.6. The van der Waals surface area contributed by atoms with Crippen LogP contribution < -0.4 is 11.3 Å². The van der Waals surface area contributed by atoms with Gasteiger partial charge in [-0.2, -0.15) is 0 Å². The maximum Gasteiger partial charge on any atom is 0.140 e. The number of nitrogens with zero attached hydrogens (tertiary/aromatic N) is 2. The maximum atomic E-state index is 6.15. The van der Waals surface area contributed by atoms with Gasteiger partial charge in [0.25, 0.3) is 0 Å². The average Bonchev–Trinajstić information content (AvgIpc) is 2.44. The van der Waals surface area contributed by atoms with Gasteiger partial charge in [0.05, 0.1) is 10.7 Å². The predicted octanol–water partition coefficient (Wildman–Crippen LogP) is 3.31. The van der Waals surface area contributed by atoms with Crippen LogP contribution in [-0.4, -0.2) is 16.9 Å². The number of aromatic nitrogens is 1. The topological polar surface area (TPSA) is 54.2 Å². The van der Waals surface area contributed by atoms with Gasteiger partial charge in [0.1, 0.15) is 5.82 Å². The molecule has 0 saturated heterocycles. The first-order valence-corrected chi connectivity index (χ1v) is 6.89. The molecule has 0 saturated carbocycles. The lowest BCUT2D eigenvalue weighted by atomic mass is 10.2. The molecule has 20 heavy (non-hydrogen) atoms. The minimum atomic E-state index is 0.601. The number of nitrogens with one attached hydrogen (secondary N) is 1. The number of hydrazine groups is 1. The Bertz CT molecular complexity index is 572. The molecular formula is C14H16Cl2N4. The molecule has 0 radical (unpaired) electrons. The van der Waals surface area contributed by atoms with Crippen LogP contribution in [0.5, 0.6) is 0 Å². The van der Waals surface area contributed by atoms with Crippen LogP contribution in [-0.2, 0) is 13.1 Å². The zero-order chi connectivity index (χ0) is 14.5. The Labute approximate surface area is 128 Å². The standard InChI is InChI=1S/C14H16Cl2N4/c1-20(8-10-2-4-11(15)5-3-10)9-13-12(16)6-7-14(18-13)19-17/h2-7H,8-9,17H2,1H3,(H,18,19). The second-order valence-electron chi connectivity index (χ2n) is 4.57. The molecule has 0 aliphatic heterocycles. The second kappa shape index (κ2) is 6.90. The van der Waals surface area contributed by atoms with Gasteiger partial charge >= 0.3 is 0 Å². The Hall–Kier alpha value is -1.33. The van der Waals surface area contributed by atoms with Crippen LogP contribution in [0.15, 0.2) is 36.4 Å². The highest BCUT2D eigenvalue weighted by molar-refractivity contribution is 6.31. The molecule has 106 valence electrons. The van der Waals surface area contributed by atoms with E-state index in [9.17, 15) is 0 Å². The smallest absolute Gasteiger partial charge is 0.140 e. The van der Waals surface area contributed by atoms with Gasteiger partial charge in [-0.3, -0.25) is 4.90 Å². The highest BCUT2D eigenvalue weighted by atomic mass is 35.5. The molecule has 0 bridgehead atoms. The first-order chi connectivity index (χ1) is 9.58. The lowest BCUT2D eigenvalue weighted by Gasteiger charge is -2.17. The Kier molecular flexibility index (Phi) is 5.20. The van der Waals surface area contributed by atoms with Gasteiger partial charge in [-0.05, 0) is 36.9 Å². The highest BCUT2D eigenvalue weighted by Crippen LogP contribution is 2.18. The van der Waals surface area contributed by atoms with Crippen LogP contribution in [0.2, 0.25) is 10.0 Å². The van der Waals surface area contributed by atoms with E-state index in [4.69, 9.17) is 29.0 Å². The predicted molar refractivity (Wildman–Crippen MR) is 83.7 cm³/mol. The zero-order valence-electron chi connectivity index (χ0n) is 11.1. The van der Waals surface area contributed by atoms with Crippen molar-refractivity contribution in [1.82, 2.24) is 9.88 Å². The van der Waals surface area contributed by atoms with Crippen molar-refractivity contribution in [3.8, 4) is 0 Å². The molecule has 0 spiro atoms. The SMILES string of the molecule is CN(Cc1ccc(Cl)cc1)Cc1nc(NN)ccc1Cl. The molecule has 0 aliphatic carbocycles. The molecule has 1 aromatic carbocycles. The van der Waals surface area contributed by atoms with E-state index in [2.05, 4.69) is 15.3 Å². The van der Waals surface area contributed by atoms with Crippen LogP contribution in [0.4, 0.5) is 5.82 Å². The molecule has 6 heteroatoms. The third kappa shape index (κ3) is 4.08. The van der Waals surface area contributed by atoms with Crippen molar-refractivity contribution in [3.05, 3.63) is 57.7 Å². The van der Waals surface area contributed by atoms with Crippen molar-refractivity contribution in [2.75, 3.05) is 12.5 Å². The largest absolute Gasteiger partial charge is 0.308 e. The molecule has 0 atom stereocenters. The maximum absolute atomic E-state index is 6.15. The molecule has 1 aromatic heterocycles. The molecular weight excluding hydrogens is 295 g/mol. The monoisotopic (exact) mass is 310 g/mol. The Morgan fingerprint density at radius 3 is 2.45 bits per heavy atom. The van der Waals surface area contributed by atoms with Crippen molar-refractivity contribution in [1.29, 1.82) is 0 Å². The van der Waals surface area contributed by atoms with Crippen LogP contribution in [0, 0.1) is 0 Å². The summed E-state index contributed by atoms with van der Waals surface area (Å²) in [6.45, 7) is 1.42. The van der Waals surface area contributed by atoms with Crippen molar-refractivity contribution in [2.45, 2.75) is 13.1 Å². The summed E-state index contributed by atoms with van der Waals surface area (Å²) in [5.41, 5.74) is 4.49. The summed E-state index contributed by atoms with van der Waals surface area (Å²) >= 11 is 12.0. The van der Waals surface area contributed by atoms with Crippen LogP contribution in [0.3, 0.4) is 0 Å². The molecule has 0 aliphatic rings. The molecule has 0 unspecified atom stereocenters. The number of anilines is 1. The first kappa shape index (κ1) is 15.1. The van der Waals surface area contributed by atoms with Crippen LogP contribution in [0.1, 0.15) is 11.3 Å². The Morgan fingerprint density at radius 2 is 1.80 bits per heavy atom.